The number of quaternary nitrogens is 1. The van der Waals surface area contributed by atoms with E-state index in [2.05, 4.69) is 0 Å². The quantitative estimate of drug-likeness (QED) is 0.618. The standard InChI is InChI=1S/C13H18ClNO3/c1-5-6-15(4)10(9(3)13(17)18)7-8(2)11(15)12(14)16/h7,9H,5-6H2,1-4H3/p+1. The van der Waals surface area contributed by atoms with Gasteiger partial charge in [0.2, 0.25) is 5.70 Å². The van der Waals surface area contributed by atoms with E-state index in [4.69, 9.17) is 16.7 Å². The molecule has 4 nitrogen and oxygen atoms in total. The first-order chi connectivity index (χ1) is 8.25. The molecule has 1 aliphatic heterocycles. The SMILES string of the molecule is CCC[N+]1(C)C(C(C)C(=O)O)=CC(C)=C1C(=O)Cl. The van der Waals surface area contributed by atoms with E-state index in [9.17, 15) is 9.59 Å². The first-order valence-electron chi connectivity index (χ1n) is 5.97. The predicted octanol–water partition coefficient (Wildman–Crippen LogP) is 2.50. The molecule has 0 fully saturated rings. The van der Waals surface area contributed by atoms with Crippen molar-refractivity contribution in [1.82, 2.24) is 0 Å². The molecule has 0 aromatic carbocycles. The van der Waals surface area contributed by atoms with Crippen molar-refractivity contribution in [2.75, 3.05) is 13.6 Å². The Balaban J connectivity index is 3.29. The highest BCUT2D eigenvalue weighted by atomic mass is 35.5. The number of carboxylic acid groups (broad SMARTS) is 1. The summed E-state index contributed by atoms with van der Waals surface area (Å²) >= 11 is 5.66. The highest BCUT2D eigenvalue weighted by Gasteiger charge is 2.45. The Labute approximate surface area is 112 Å². The summed E-state index contributed by atoms with van der Waals surface area (Å²) in [5.41, 5.74) is 1.96. The van der Waals surface area contributed by atoms with Crippen LogP contribution >= 0.6 is 11.6 Å². The van der Waals surface area contributed by atoms with Gasteiger partial charge in [-0.15, -0.1) is 0 Å². The van der Waals surface area contributed by atoms with Crippen molar-refractivity contribution < 1.29 is 19.2 Å². The fourth-order valence-corrected chi connectivity index (χ4v) is 3.00. The molecule has 2 atom stereocenters. The monoisotopic (exact) mass is 272 g/mol. The molecule has 0 saturated carbocycles. The number of carbonyl (C=O) groups excluding carboxylic acids is 1. The second kappa shape index (κ2) is 5.24. The fraction of sp³-hybridized carbons (Fsp3) is 0.538. The minimum absolute atomic E-state index is 0.206. The first-order valence-corrected chi connectivity index (χ1v) is 6.35. The van der Waals surface area contributed by atoms with Gasteiger partial charge in [0.25, 0.3) is 0 Å². The smallest absolute Gasteiger partial charge is 0.316 e. The largest absolute Gasteiger partial charge is 0.481 e. The third kappa shape index (κ3) is 2.35. The van der Waals surface area contributed by atoms with Gasteiger partial charge in [-0.25, -0.2) is 0 Å². The molecule has 1 aliphatic rings. The van der Waals surface area contributed by atoms with Crippen LogP contribution in [0, 0.1) is 5.92 Å². The Morgan fingerprint density at radius 1 is 1.50 bits per heavy atom. The van der Waals surface area contributed by atoms with Gasteiger partial charge in [-0.3, -0.25) is 14.1 Å². The highest BCUT2D eigenvalue weighted by molar-refractivity contribution is 6.67. The predicted molar refractivity (Wildman–Crippen MR) is 69.8 cm³/mol. The summed E-state index contributed by atoms with van der Waals surface area (Å²) in [6, 6.07) is 0. The van der Waals surface area contributed by atoms with Gasteiger partial charge in [0.1, 0.15) is 11.6 Å². The number of aliphatic carboxylic acids is 1. The van der Waals surface area contributed by atoms with E-state index in [-0.39, 0.29) is 4.48 Å². The van der Waals surface area contributed by atoms with E-state index >= 15 is 0 Å². The van der Waals surface area contributed by atoms with Gasteiger partial charge in [-0.1, -0.05) is 6.92 Å². The van der Waals surface area contributed by atoms with Gasteiger partial charge in [-0.2, -0.15) is 0 Å². The van der Waals surface area contributed by atoms with Gasteiger partial charge in [0.05, 0.1) is 13.6 Å². The molecule has 2 unspecified atom stereocenters. The number of carboxylic acids is 1. The lowest BCUT2D eigenvalue weighted by molar-refractivity contribution is -0.830. The van der Waals surface area contributed by atoms with Crippen LogP contribution in [0.4, 0.5) is 0 Å². The summed E-state index contributed by atoms with van der Waals surface area (Å²) in [6.45, 7) is 6.09. The van der Waals surface area contributed by atoms with Crippen LogP contribution in [0.3, 0.4) is 0 Å². The van der Waals surface area contributed by atoms with E-state index in [1.807, 2.05) is 14.0 Å². The van der Waals surface area contributed by atoms with Crippen LogP contribution < -0.4 is 0 Å². The maximum atomic E-state index is 11.6. The number of nitrogens with zero attached hydrogens (tertiary/aromatic N) is 1. The molecule has 1 heterocycles. The van der Waals surface area contributed by atoms with Gasteiger partial charge >= 0.3 is 11.2 Å². The lowest BCUT2D eigenvalue weighted by atomic mass is 10.1. The normalized spacial score (nSPS) is 25.1. The molecule has 0 amide bonds. The third-order valence-electron chi connectivity index (χ3n) is 3.47. The van der Waals surface area contributed by atoms with Crippen molar-refractivity contribution in [3.05, 3.63) is 23.0 Å². The Morgan fingerprint density at radius 3 is 2.44 bits per heavy atom. The van der Waals surface area contributed by atoms with E-state index < -0.39 is 17.1 Å². The molecule has 1 N–H and O–H groups in total. The molecule has 0 saturated heterocycles. The van der Waals surface area contributed by atoms with Gasteiger partial charge in [0.15, 0.2) is 0 Å². The van der Waals surface area contributed by atoms with Crippen LogP contribution in [0.1, 0.15) is 27.2 Å². The number of carbonyl (C=O) groups is 2. The van der Waals surface area contributed by atoms with Crippen molar-refractivity contribution in [2.45, 2.75) is 27.2 Å². The zero-order valence-electron chi connectivity index (χ0n) is 11.2. The van der Waals surface area contributed by atoms with Crippen LogP contribution in [0.25, 0.3) is 0 Å². The minimum atomic E-state index is -0.891. The molecule has 1 rings (SSSR count). The van der Waals surface area contributed by atoms with Crippen LogP contribution in [0.2, 0.25) is 0 Å². The third-order valence-corrected chi connectivity index (χ3v) is 3.65. The summed E-state index contributed by atoms with van der Waals surface area (Å²) in [5, 5.41) is 8.66. The lowest BCUT2D eigenvalue weighted by Gasteiger charge is -2.34. The summed E-state index contributed by atoms with van der Waals surface area (Å²) in [4.78, 5) is 22.8. The van der Waals surface area contributed by atoms with Gasteiger partial charge in [-0.05, 0) is 31.9 Å². The van der Waals surface area contributed by atoms with E-state index in [0.29, 0.717) is 17.9 Å². The molecule has 0 aromatic rings. The molecule has 0 aliphatic carbocycles. The summed E-state index contributed by atoms with van der Waals surface area (Å²) in [5.74, 6) is -1.53. The Bertz CT molecular complexity index is 453. The second-order valence-corrected chi connectivity index (χ2v) is 5.19. The van der Waals surface area contributed by atoms with E-state index in [1.54, 1.807) is 19.9 Å². The van der Waals surface area contributed by atoms with Crippen molar-refractivity contribution >= 4 is 22.8 Å². The van der Waals surface area contributed by atoms with Gasteiger partial charge in [0, 0.05) is 11.6 Å². The lowest BCUT2D eigenvalue weighted by Crippen LogP contribution is -2.45. The number of hydrogen-bond donors (Lipinski definition) is 1. The Hall–Kier alpha value is -1.13. The van der Waals surface area contributed by atoms with Crippen LogP contribution in [0.15, 0.2) is 23.0 Å². The molecule has 18 heavy (non-hydrogen) atoms. The van der Waals surface area contributed by atoms with Crippen molar-refractivity contribution in [3.8, 4) is 0 Å². The number of halogens is 1. The van der Waals surface area contributed by atoms with Crippen LogP contribution in [0.5, 0.6) is 0 Å². The summed E-state index contributed by atoms with van der Waals surface area (Å²) in [6.07, 6.45) is 2.62. The molecular formula is C13H19ClNO3+. The average Bonchev–Trinajstić information content (AvgIpc) is 2.49. The van der Waals surface area contributed by atoms with Crippen molar-refractivity contribution in [1.29, 1.82) is 0 Å². The van der Waals surface area contributed by atoms with Crippen LogP contribution in [-0.4, -0.2) is 34.4 Å². The molecule has 5 heteroatoms. The minimum Gasteiger partial charge on any atom is -0.481 e. The fourth-order valence-electron chi connectivity index (χ4n) is 2.67. The number of likely N-dealkylation sites (N-methyl/N-ethyl adjacent to an activating group) is 1. The Morgan fingerprint density at radius 2 is 2.06 bits per heavy atom. The zero-order chi connectivity index (χ0) is 14.1. The van der Waals surface area contributed by atoms with E-state index in [1.165, 1.54) is 0 Å². The van der Waals surface area contributed by atoms with Crippen LogP contribution in [-0.2, 0) is 9.59 Å². The molecule has 0 aromatic heterocycles. The topological polar surface area (TPSA) is 54.4 Å². The molecule has 0 spiro atoms. The Kier molecular flexibility index (Phi) is 4.35. The zero-order valence-corrected chi connectivity index (χ0v) is 11.9. The maximum Gasteiger partial charge on any atom is 0.316 e. The summed E-state index contributed by atoms with van der Waals surface area (Å²) in [7, 11) is 1.85. The molecule has 0 radical (unpaired) electrons. The number of hydrogen-bond acceptors (Lipinski definition) is 2. The number of rotatable bonds is 5. The maximum absolute atomic E-state index is 11.6. The second-order valence-electron chi connectivity index (χ2n) is 4.85. The van der Waals surface area contributed by atoms with Gasteiger partial charge < -0.3 is 5.11 Å². The molecule has 0 bridgehead atoms. The van der Waals surface area contributed by atoms with E-state index in [0.717, 1.165) is 12.0 Å². The highest BCUT2D eigenvalue weighted by Crippen LogP contribution is 2.38. The number of allylic oxidation sites excluding steroid dienone is 3. The van der Waals surface area contributed by atoms with Crippen molar-refractivity contribution in [3.63, 3.8) is 0 Å². The summed E-state index contributed by atoms with van der Waals surface area (Å²) < 4.78 is 0.206. The van der Waals surface area contributed by atoms with Crippen molar-refractivity contribution in [2.24, 2.45) is 5.92 Å². The first kappa shape index (κ1) is 14.9. The average molecular weight is 273 g/mol. The molecule has 100 valence electrons. The molecular weight excluding hydrogens is 254 g/mol.